The number of aromatic nitrogens is 12. The summed E-state index contributed by atoms with van der Waals surface area (Å²) in [5, 5.41) is 0. The third-order valence-electron chi connectivity index (χ3n) is 11.5. The van der Waals surface area contributed by atoms with E-state index >= 15 is 0 Å². The van der Waals surface area contributed by atoms with Crippen molar-refractivity contribution < 1.29 is 92.6 Å². The Hall–Kier alpha value is -12.3. The molecule has 12 nitrogen and oxygen atoms in total. The van der Waals surface area contributed by atoms with Crippen LogP contribution in [0.4, 0.5) is 75.5 Å². The molecule has 12 aromatic heterocycles. The fraction of sp³-hybridized carbons (Fsp3) is 0. The molecule has 0 unspecified atom stereocenters. The van der Waals surface area contributed by atoms with Gasteiger partial charge in [0.15, 0.2) is 0 Å². The molecule has 0 atom stereocenters. The average molecular weight is 1570 g/mol. The summed E-state index contributed by atoms with van der Waals surface area (Å²) < 4.78 is 178. The van der Waals surface area contributed by atoms with Gasteiger partial charge in [0.05, 0.1) is 34.2 Å². The third kappa shape index (κ3) is 39.8. The smallest absolute Gasteiger partial charge is 3.00 e. The molecule has 0 amide bonds. The van der Waals surface area contributed by atoms with Crippen LogP contribution in [-0.4, -0.2) is 59.8 Å². The molecule has 0 N–H and O–H groups in total. The molecule has 0 fully saturated rings. The number of hydrogen-bond donors (Lipinski definition) is 0. The Morgan fingerprint density at radius 2 is 0.255 bits per heavy atom. The standard InChI is InChI=1S/3C24H14N4.3F6P.Fe/c3*1(19-5-11-25-12-6-19)3-21-9-15-27-23(17-21)24-18-22(10-16-28-24)4-2-20-7-13-26-14-8-20;3*1-7(2,3,4,5)6;/h3*5-18H;;;;/q;;;3*-1;+3. The molecule has 12 heterocycles. The number of halogens is 18. The van der Waals surface area contributed by atoms with Crippen molar-refractivity contribution in [1.82, 2.24) is 59.8 Å². The van der Waals surface area contributed by atoms with E-state index in [-0.39, 0.29) is 17.1 Å². The van der Waals surface area contributed by atoms with Crippen LogP contribution >= 0.6 is 23.4 Å². The van der Waals surface area contributed by atoms with Gasteiger partial charge >= 0.3 is 116 Å². The van der Waals surface area contributed by atoms with Gasteiger partial charge in [0.25, 0.3) is 0 Å². The van der Waals surface area contributed by atoms with Crippen molar-refractivity contribution >= 4 is 23.4 Å². The number of pyridine rings is 12. The van der Waals surface area contributed by atoms with Gasteiger partial charge in [0.2, 0.25) is 0 Å². The zero-order valence-electron chi connectivity index (χ0n) is 53.1. The van der Waals surface area contributed by atoms with Crippen LogP contribution in [0.2, 0.25) is 0 Å². The van der Waals surface area contributed by atoms with Crippen LogP contribution in [-0.2, 0) is 17.1 Å². The molecule has 0 bridgehead atoms. The average Bonchev–Trinajstić information content (AvgIpc) is 0.798. The second-order valence-corrected chi connectivity index (χ2v) is 26.1. The van der Waals surface area contributed by atoms with E-state index < -0.39 is 23.4 Å². The number of hydrogen-bond acceptors (Lipinski definition) is 12. The zero-order valence-corrected chi connectivity index (χ0v) is 56.9. The van der Waals surface area contributed by atoms with Crippen LogP contribution in [0.5, 0.6) is 0 Å². The SMILES string of the molecule is C(#Cc1ccnc(-c2cc(C#Cc3ccncc3)ccn2)c1)c1ccncc1.C(#Cc1ccnc(-c2cc(C#Cc3ccncc3)ccn2)c1)c1ccncc1.C(#Cc1ccnc(-c2cc(C#Cc3ccncc3)ccn2)c1)c1ccncc1.F[P-](F)(F)(F)(F)F.F[P-](F)(F)(F)(F)F.F[P-](F)(F)(F)(F)F.[Fe+3]. The molecule has 12 rings (SSSR count). The second kappa shape index (κ2) is 33.4. The summed E-state index contributed by atoms with van der Waals surface area (Å²) >= 11 is 0. The molecule has 0 saturated heterocycles. The Balaban J connectivity index is 0.000000218. The molecule has 0 saturated carbocycles. The fourth-order valence-corrected chi connectivity index (χ4v) is 7.37. The van der Waals surface area contributed by atoms with Crippen molar-refractivity contribution in [1.29, 1.82) is 0 Å². The predicted octanol–water partition coefficient (Wildman–Crippen LogP) is 21.3. The van der Waals surface area contributed by atoms with Gasteiger partial charge in [0.1, 0.15) is 0 Å². The Labute approximate surface area is 602 Å². The quantitative estimate of drug-likeness (QED) is 0.0715. The van der Waals surface area contributed by atoms with E-state index in [2.05, 4.69) is 131 Å². The van der Waals surface area contributed by atoms with Gasteiger partial charge < -0.3 is 0 Å². The van der Waals surface area contributed by atoms with Gasteiger partial charge in [-0.2, -0.15) is 0 Å². The molecule has 34 heteroatoms. The third-order valence-corrected chi connectivity index (χ3v) is 11.5. The first-order valence-electron chi connectivity index (χ1n) is 28.9. The predicted molar refractivity (Wildman–Crippen MR) is 364 cm³/mol. The van der Waals surface area contributed by atoms with E-state index in [9.17, 15) is 75.5 Å². The van der Waals surface area contributed by atoms with Gasteiger partial charge in [-0.25, -0.2) is 0 Å². The van der Waals surface area contributed by atoms with Crippen molar-refractivity contribution in [2.24, 2.45) is 0 Å². The zero-order chi connectivity index (χ0) is 76.3. The fourth-order valence-electron chi connectivity index (χ4n) is 7.37. The minimum atomic E-state index is -10.7. The van der Waals surface area contributed by atoms with E-state index in [0.717, 1.165) is 101 Å². The minimum absolute atomic E-state index is 0. The summed E-state index contributed by atoms with van der Waals surface area (Å²) in [5.41, 5.74) is 15.3. The Bertz CT molecular complexity index is 4540. The van der Waals surface area contributed by atoms with E-state index in [1.165, 1.54) is 0 Å². The topological polar surface area (TPSA) is 155 Å². The normalized spacial score (nSPS) is 12.2. The maximum absolute atomic E-state index is 10.7. The van der Waals surface area contributed by atoms with E-state index in [4.69, 9.17) is 0 Å². The number of nitrogens with zero attached hydrogens (tertiary/aromatic N) is 12. The maximum atomic E-state index is 9.87. The van der Waals surface area contributed by atoms with Crippen LogP contribution in [0, 0.1) is 71.0 Å². The molecule has 0 spiro atoms. The van der Waals surface area contributed by atoms with E-state index in [1.54, 1.807) is 112 Å². The van der Waals surface area contributed by atoms with Gasteiger partial charge in [-0.15, -0.1) is 0 Å². The van der Waals surface area contributed by atoms with Crippen molar-refractivity contribution in [2.75, 3.05) is 0 Å². The van der Waals surface area contributed by atoms with E-state index in [1.807, 2.05) is 146 Å². The van der Waals surface area contributed by atoms with E-state index in [0.29, 0.717) is 0 Å². The maximum Gasteiger partial charge on any atom is 3.00 e. The molecule has 106 heavy (non-hydrogen) atoms. The van der Waals surface area contributed by atoms with Gasteiger partial charge in [-0.05, 0) is 146 Å². The van der Waals surface area contributed by atoms with Crippen molar-refractivity contribution in [3.63, 3.8) is 0 Å². The van der Waals surface area contributed by atoms with Crippen LogP contribution in [0.3, 0.4) is 0 Å². The molecule has 539 valence electrons. The summed E-state index contributed by atoms with van der Waals surface area (Å²) in [6, 6.07) is 45.4. The number of rotatable bonds is 3. The van der Waals surface area contributed by atoms with Gasteiger partial charge in [0, 0.05) is 178 Å². The van der Waals surface area contributed by atoms with Crippen molar-refractivity contribution in [3.05, 3.63) is 324 Å². The molecule has 0 aliphatic rings. The summed E-state index contributed by atoms with van der Waals surface area (Å²) in [6.07, 6.45) is 31.2. The Morgan fingerprint density at radius 3 is 0.368 bits per heavy atom. The van der Waals surface area contributed by atoms with Gasteiger partial charge in [-0.3, -0.25) is 59.8 Å². The second-order valence-electron chi connectivity index (χ2n) is 20.4. The first-order chi connectivity index (χ1) is 48.9. The molecular weight excluding hydrogens is 1520 g/mol. The molecule has 0 aliphatic heterocycles. The molecular formula is C72H42F18FeN12P3. The van der Waals surface area contributed by atoms with Crippen LogP contribution in [0.25, 0.3) is 34.2 Å². The summed E-state index contributed by atoms with van der Waals surface area (Å²) in [4.78, 5) is 50.5. The van der Waals surface area contributed by atoms with Crippen LogP contribution < -0.4 is 0 Å². The molecule has 1 radical (unpaired) electrons. The first kappa shape index (κ1) is 82.7. The van der Waals surface area contributed by atoms with Crippen LogP contribution in [0.15, 0.2) is 257 Å². The Kier molecular flexibility index (Phi) is 26.1. The minimum Gasteiger partial charge on any atom is 3.00 e. The molecule has 0 aliphatic carbocycles. The summed E-state index contributed by atoms with van der Waals surface area (Å²) in [6.45, 7) is 0. The molecule has 0 aromatic carbocycles. The van der Waals surface area contributed by atoms with Crippen molar-refractivity contribution in [3.8, 4) is 105 Å². The van der Waals surface area contributed by atoms with Gasteiger partial charge in [-0.1, -0.05) is 71.0 Å². The molecule has 12 aromatic rings. The monoisotopic (exact) mass is 1570 g/mol. The Morgan fingerprint density at radius 1 is 0.160 bits per heavy atom. The first-order valence-corrected chi connectivity index (χ1v) is 35.0. The van der Waals surface area contributed by atoms with Crippen LogP contribution in [0.1, 0.15) is 66.8 Å². The largest absolute Gasteiger partial charge is 3.00 e. The summed E-state index contributed by atoms with van der Waals surface area (Å²) in [7, 11) is -32.0. The van der Waals surface area contributed by atoms with Crippen molar-refractivity contribution in [2.45, 2.75) is 0 Å². The summed E-state index contributed by atoms with van der Waals surface area (Å²) in [5.74, 6) is 37.7.